The van der Waals surface area contributed by atoms with Gasteiger partial charge in [0, 0.05) is 29.7 Å². The zero-order chi connectivity index (χ0) is 13.8. The number of ether oxygens (including phenoxy) is 1. The summed E-state index contributed by atoms with van der Waals surface area (Å²) in [5.41, 5.74) is 1.78. The summed E-state index contributed by atoms with van der Waals surface area (Å²) in [6, 6.07) is 7.24. The number of rotatable bonds is 5. The predicted molar refractivity (Wildman–Crippen MR) is 79.0 cm³/mol. The Morgan fingerprint density at radius 1 is 1.47 bits per heavy atom. The highest BCUT2D eigenvalue weighted by Gasteiger charge is 2.09. The molecule has 0 radical (unpaired) electrons. The van der Waals surface area contributed by atoms with Gasteiger partial charge in [-0.15, -0.1) is 0 Å². The number of anilines is 1. The summed E-state index contributed by atoms with van der Waals surface area (Å²) in [7, 11) is 1.60. The predicted octanol–water partition coefficient (Wildman–Crippen LogP) is 4.04. The van der Waals surface area contributed by atoms with Crippen molar-refractivity contribution in [3.63, 3.8) is 0 Å². The van der Waals surface area contributed by atoms with Gasteiger partial charge in [0.05, 0.1) is 16.5 Å². The number of thiophene rings is 1. The maximum absolute atomic E-state index is 10.6. The summed E-state index contributed by atoms with van der Waals surface area (Å²) in [5, 5.41) is 15.7. The van der Waals surface area contributed by atoms with Gasteiger partial charge in [-0.3, -0.25) is 10.1 Å². The fourth-order valence-electron chi connectivity index (χ4n) is 1.53. The Bertz CT molecular complexity index is 600. The van der Waals surface area contributed by atoms with Crippen molar-refractivity contribution >= 4 is 38.0 Å². The standard InChI is InChI=1S/C12H11BrN2O3S/c1-18-11-5-9(2-3-10(11)13)14-6-8-4-12(15(16)17)19-7-8/h2-5,7,14H,6H2,1H3. The average molecular weight is 343 g/mol. The van der Waals surface area contributed by atoms with Gasteiger partial charge in [0.1, 0.15) is 5.75 Å². The minimum Gasteiger partial charge on any atom is -0.495 e. The maximum atomic E-state index is 10.6. The number of hydrogen-bond donors (Lipinski definition) is 1. The lowest BCUT2D eigenvalue weighted by molar-refractivity contribution is -0.380. The van der Waals surface area contributed by atoms with Gasteiger partial charge in [-0.2, -0.15) is 0 Å². The highest BCUT2D eigenvalue weighted by atomic mass is 79.9. The molecule has 1 aromatic heterocycles. The van der Waals surface area contributed by atoms with Gasteiger partial charge in [0.25, 0.3) is 0 Å². The van der Waals surface area contributed by atoms with E-state index in [4.69, 9.17) is 4.74 Å². The summed E-state index contributed by atoms with van der Waals surface area (Å²) in [5.74, 6) is 0.737. The van der Waals surface area contributed by atoms with Gasteiger partial charge in [0.2, 0.25) is 0 Å². The van der Waals surface area contributed by atoms with Crippen LogP contribution in [0.1, 0.15) is 5.56 Å². The lowest BCUT2D eigenvalue weighted by Crippen LogP contribution is -1.98. The molecule has 0 fully saturated rings. The smallest absolute Gasteiger partial charge is 0.324 e. The quantitative estimate of drug-likeness (QED) is 0.657. The van der Waals surface area contributed by atoms with Crippen LogP contribution in [0.4, 0.5) is 10.7 Å². The minimum atomic E-state index is -0.378. The van der Waals surface area contributed by atoms with Crippen LogP contribution in [0.5, 0.6) is 5.75 Å². The molecule has 0 saturated carbocycles. The van der Waals surface area contributed by atoms with Crippen molar-refractivity contribution in [3.8, 4) is 5.75 Å². The van der Waals surface area contributed by atoms with Gasteiger partial charge in [0.15, 0.2) is 0 Å². The lowest BCUT2D eigenvalue weighted by atomic mass is 10.2. The number of nitro groups is 1. The highest BCUT2D eigenvalue weighted by Crippen LogP contribution is 2.28. The van der Waals surface area contributed by atoms with Crippen LogP contribution in [-0.4, -0.2) is 12.0 Å². The van der Waals surface area contributed by atoms with Crippen molar-refractivity contribution in [3.05, 3.63) is 49.8 Å². The largest absolute Gasteiger partial charge is 0.495 e. The van der Waals surface area contributed by atoms with Crippen LogP contribution in [-0.2, 0) is 6.54 Å². The fraction of sp³-hybridized carbons (Fsp3) is 0.167. The number of hydrogen-bond acceptors (Lipinski definition) is 5. The van der Waals surface area contributed by atoms with E-state index in [2.05, 4.69) is 21.2 Å². The van der Waals surface area contributed by atoms with Crippen molar-refractivity contribution in [1.82, 2.24) is 0 Å². The maximum Gasteiger partial charge on any atom is 0.324 e. The molecule has 0 aliphatic heterocycles. The summed E-state index contributed by atoms with van der Waals surface area (Å²) < 4.78 is 6.08. The van der Waals surface area contributed by atoms with E-state index in [0.29, 0.717) is 6.54 Å². The summed E-state index contributed by atoms with van der Waals surface area (Å²) in [6.45, 7) is 0.537. The fourth-order valence-corrected chi connectivity index (χ4v) is 2.66. The molecule has 100 valence electrons. The molecular weight excluding hydrogens is 332 g/mol. The first-order chi connectivity index (χ1) is 9.10. The number of benzene rings is 1. The third kappa shape index (κ3) is 3.45. The van der Waals surface area contributed by atoms with Gasteiger partial charge in [-0.1, -0.05) is 11.3 Å². The average Bonchev–Trinajstić information content (AvgIpc) is 2.87. The molecule has 5 nitrogen and oxygen atoms in total. The van der Waals surface area contributed by atoms with Crippen molar-refractivity contribution < 1.29 is 9.66 Å². The first-order valence-electron chi connectivity index (χ1n) is 5.39. The number of halogens is 1. The van der Waals surface area contributed by atoms with Crippen molar-refractivity contribution in [2.45, 2.75) is 6.54 Å². The molecule has 19 heavy (non-hydrogen) atoms. The Morgan fingerprint density at radius 3 is 2.89 bits per heavy atom. The van der Waals surface area contributed by atoms with Crippen LogP contribution in [0, 0.1) is 10.1 Å². The molecule has 0 atom stereocenters. The van der Waals surface area contributed by atoms with E-state index < -0.39 is 0 Å². The van der Waals surface area contributed by atoms with E-state index in [9.17, 15) is 10.1 Å². The summed E-state index contributed by atoms with van der Waals surface area (Å²) >= 11 is 4.51. The summed E-state index contributed by atoms with van der Waals surface area (Å²) in [4.78, 5) is 10.2. The minimum absolute atomic E-state index is 0.158. The Labute approximate surface area is 122 Å². The van der Waals surface area contributed by atoms with E-state index in [1.165, 1.54) is 0 Å². The van der Waals surface area contributed by atoms with Gasteiger partial charge in [-0.25, -0.2) is 0 Å². The SMILES string of the molecule is COc1cc(NCc2csc([N+](=O)[O-])c2)ccc1Br. The van der Waals surface area contributed by atoms with E-state index in [1.54, 1.807) is 18.6 Å². The monoisotopic (exact) mass is 342 g/mol. The second-order valence-electron chi connectivity index (χ2n) is 3.75. The first kappa shape index (κ1) is 13.8. The van der Waals surface area contributed by atoms with Gasteiger partial charge in [-0.05, 0) is 33.6 Å². The highest BCUT2D eigenvalue weighted by molar-refractivity contribution is 9.10. The Kier molecular flexibility index (Phi) is 4.39. The molecule has 2 rings (SSSR count). The molecule has 0 bridgehead atoms. The molecule has 0 saturated heterocycles. The van der Waals surface area contributed by atoms with E-state index in [0.717, 1.165) is 32.8 Å². The summed E-state index contributed by atoms with van der Waals surface area (Å²) in [6.07, 6.45) is 0. The molecule has 7 heteroatoms. The van der Waals surface area contributed by atoms with Crippen LogP contribution >= 0.6 is 27.3 Å². The van der Waals surface area contributed by atoms with Crippen LogP contribution in [0.2, 0.25) is 0 Å². The normalized spacial score (nSPS) is 10.2. The topological polar surface area (TPSA) is 64.4 Å². The molecule has 0 aliphatic rings. The van der Waals surface area contributed by atoms with Crippen molar-refractivity contribution in [2.24, 2.45) is 0 Å². The van der Waals surface area contributed by atoms with Gasteiger partial charge < -0.3 is 10.1 Å². The Hall–Kier alpha value is -1.60. The van der Waals surface area contributed by atoms with E-state index >= 15 is 0 Å². The lowest BCUT2D eigenvalue weighted by Gasteiger charge is -2.08. The van der Waals surface area contributed by atoms with Crippen LogP contribution < -0.4 is 10.1 Å². The second-order valence-corrected chi connectivity index (χ2v) is 5.50. The Morgan fingerprint density at radius 2 is 2.26 bits per heavy atom. The molecule has 0 amide bonds. The van der Waals surface area contributed by atoms with Gasteiger partial charge >= 0.3 is 5.00 Å². The van der Waals surface area contributed by atoms with Crippen LogP contribution in [0.3, 0.4) is 0 Å². The Balaban J connectivity index is 2.03. The number of nitrogens with zero attached hydrogens (tertiary/aromatic N) is 1. The first-order valence-corrected chi connectivity index (χ1v) is 7.06. The molecule has 1 N–H and O–H groups in total. The molecule has 1 heterocycles. The zero-order valence-electron chi connectivity index (χ0n) is 10.1. The molecule has 0 aliphatic carbocycles. The third-order valence-corrected chi connectivity index (χ3v) is 4.05. The molecule has 0 unspecified atom stereocenters. The van der Waals surface area contributed by atoms with Crippen molar-refractivity contribution in [2.75, 3.05) is 12.4 Å². The number of methoxy groups -OCH3 is 1. The van der Waals surface area contributed by atoms with Crippen LogP contribution in [0.25, 0.3) is 0 Å². The zero-order valence-corrected chi connectivity index (χ0v) is 12.5. The van der Waals surface area contributed by atoms with E-state index in [1.807, 2.05) is 18.2 Å². The molecule has 0 spiro atoms. The van der Waals surface area contributed by atoms with Crippen LogP contribution in [0.15, 0.2) is 34.1 Å². The third-order valence-electron chi connectivity index (χ3n) is 2.47. The molecule has 2 aromatic rings. The second kappa shape index (κ2) is 6.03. The van der Waals surface area contributed by atoms with Crippen molar-refractivity contribution in [1.29, 1.82) is 0 Å². The molecular formula is C12H11BrN2O3S. The van der Waals surface area contributed by atoms with E-state index in [-0.39, 0.29) is 9.92 Å². The number of nitrogens with one attached hydrogen (secondary N) is 1. The molecule has 1 aromatic carbocycles.